The molecule has 2 aliphatic carbocycles. The topological polar surface area (TPSA) is 0 Å². The lowest BCUT2D eigenvalue weighted by molar-refractivity contribution is 0.168. The second-order valence-electron chi connectivity index (χ2n) is 7.18. The first-order valence-electron chi connectivity index (χ1n) is 9.48. The lowest BCUT2D eigenvalue weighted by Crippen LogP contribution is -2.25. The molecule has 0 bridgehead atoms. The van der Waals surface area contributed by atoms with Crippen LogP contribution in [0.25, 0.3) is 0 Å². The van der Waals surface area contributed by atoms with E-state index in [4.69, 9.17) is 0 Å². The van der Waals surface area contributed by atoms with Gasteiger partial charge in [-0.25, -0.2) is 0 Å². The highest BCUT2D eigenvalue weighted by Crippen LogP contribution is 2.41. The van der Waals surface area contributed by atoms with Crippen LogP contribution in [-0.2, 0) is 0 Å². The van der Waals surface area contributed by atoms with Crippen LogP contribution >= 0.6 is 0 Å². The van der Waals surface area contributed by atoms with Gasteiger partial charge in [-0.1, -0.05) is 38.3 Å². The molecule has 0 aromatic rings. The molecule has 118 valence electrons. The quantitative estimate of drug-likeness (QED) is 0.416. The maximum Gasteiger partial charge on any atom is 0.0203 e. The third-order valence-corrected chi connectivity index (χ3v) is 5.60. The van der Waals surface area contributed by atoms with E-state index < -0.39 is 0 Å². The highest BCUT2D eigenvalue weighted by Gasteiger charge is 2.29. The van der Waals surface area contributed by atoms with Crippen LogP contribution in [0, 0.1) is 35.5 Å². The van der Waals surface area contributed by atoms with E-state index in [0.717, 1.165) is 30.1 Å². The molecule has 0 N–H and O–H groups in total. The Kier molecular flexibility index (Phi) is 7.42. The van der Waals surface area contributed by atoms with Crippen molar-refractivity contribution in [2.24, 2.45) is 23.7 Å². The Morgan fingerprint density at radius 1 is 0.857 bits per heavy atom. The first-order valence-corrected chi connectivity index (χ1v) is 9.48. The summed E-state index contributed by atoms with van der Waals surface area (Å²) in [6, 6.07) is 0. The Labute approximate surface area is 132 Å². The Morgan fingerprint density at radius 3 is 2.05 bits per heavy atom. The summed E-state index contributed by atoms with van der Waals surface area (Å²) in [5.41, 5.74) is 0. The van der Waals surface area contributed by atoms with Crippen molar-refractivity contribution in [3.8, 4) is 11.8 Å². The van der Waals surface area contributed by atoms with Crippen molar-refractivity contribution in [1.29, 1.82) is 0 Å². The molecule has 0 aromatic carbocycles. The zero-order valence-corrected chi connectivity index (χ0v) is 14.2. The van der Waals surface area contributed by atoms with E-state index in [9.17, 15) is 0 Å². The summed E-state index contributed by atoms with van der Waals surface area (Å²) in [6.07, 6.45) is 20.0. The monoisotopic (exact) mass is 286 g/mol. The van der Waals surface area contributed by atoms with Gasteiger partial charge in [-0.05, 0) is 75.5 Å². The van der Waals surface area contributed by atoms with Gasteiger partial charge in [0.05, 0.1) is 0 Å². The maximum absolute atomic E-state index is 3.47. The van der Waals surface area contributed by atoms with E-state index in [1.807, 2.05) is 0 Å². The highest BCUT2D eigenvalue weighted by atomic mass is 14.3. The predicted octanol–water partition coefficient (Wildman–Crippen LogP) is 6.37. The van der Waals surface area contributed by atoms with Crippen LogP contribution in [0.3, 0.4) is 0 Å². The van der Waals surface area contributed by atoms with Crippen LogP contribution in [0.4, 0.5) is 0 Å². The fraction of sp³-hybridized carbons (Fsp3) is 0.810. The smallest absolute Gasteiger partial charge is 0.0203 e. The molecule has 0 unspecified atom stereocenters. The number of unbranched alkanes of at least 4 members (excludes halogenated alkanes) is 1. The van der Waals surface area contributed by atoms with Gasteiger partial charge >= 0.3 is 0 Å². The number of hydrogen-bond donors (Lipinski definition) is 0. The summed E-state index contributed by atoms with van der Waals surface area (Å²) in [6.45, 7) is 4.43. The van der Waals surface area contributed by atoms with Crippen LogP contribution in [-0.4, -0.2) is 0 Å². The van der Waals surface area contributed by atoms with Gasteiger partial charge in [-0.15, -0.1) is 5.92 Å². The van der Waals surface area contributed by atoms with Crippen molar-refractivity contribution in [2.75, 3.05) is 0 Å². The van der Waals surface area contributed by atoms with Gasteiger partial charge in [0.25, 0.3) is 0 Å². The first kappa shape index (κ1) is 16.7. The lowest BCUT2D eigenvalue weighted by atomic mass is 9.69. The lowest BCUT2D eigenvalue weighted by Gasteiger charge is -2.36. The fourth-order valence-corrected chi connectivity index (χ4v) is 4.25. The average Bonchev–Trinajstić information content (AvgIpc) is 2.54. The molecule has 0 amide bonds. The molecule has 0 atom stereocenters. The number of allylic oxidation sites excluding steroid dienone is 2. The van der Waals surface area contributed by atoms with Crippen LogP contribution in [0.1, 0.15) is 84.5 Å². The highest BCUT2D eigenvalue weighted by molar-refractivity contribution is 5.04. The minimum Gasteiger partial charge on any atom is -0.103 e. The molecule has 0 heteroatoms. The van der Waals surface area contributed by atoms with Gasteiger partial charge in [-0.2, -0.15) is 0 Å². The van der Waals surface area contributed by atoms with Crippen molar-refractivity contribution < 1.29 is 0 Å². The van der Waals surface area contributed by atoms with Crippen molar-refractivity contribution >= 4 is 0 Å². The molecular weight excluding hydrogens is 252 g/mol. The fourth-order valence-electron chi connectivity index (χ4n) is 4.25. The summed E-state index contributed by atoms with van der Waals surface area (Å²) < 4.78 is 0. The Hall–Kier alpha value is -0.700. The standard InChI is InChI=1S/C21H34/c1-3-5-7-9-19-12-16-21(17-13-19)20-14-10-18(11-15-20)8-6-4-2/h7,9,18-21H,3-5,10-17H2,1-2H3. The molecule has 0 aromatic heterocycles. The molecule has 0 spiro atoms. The molecular formula is C21H34. The minimum atomic E-state index is 0.717. The molecule has 2 fully saturated rings. The van der Waals surface area contributed by atoms with Crippen LogP contribution < -0.4 is 0 Å². The molecule has 0 saturated heterocycles. The predicted molar refractivity (Wildman–Crippen MR) is 93.0 cm³/mol. The normalized spacial score (nSPS) is 33.6. The molecule has 21 heavy (non-hydrogen) atoms. The summed E-state index contributed by atoms with van der Waals surface area (Å²) in [5.74, 6) is 10.4. The van der Waals surface area contributed by atoms with E-state index in [1.165, 1.54) is 64.2 Å². The zero-order chi connectivity index (χ0) is 14.9. The molecule has 0 radical (unpaired) electrons. The number of hydrogen-bond acceptors (Lipinski definition) is 0. The first-order chi connectivity index (χ1) is 10.3. The summed E-state index contributed by atoms with van der Waals surface area (Å²) in [7, 11) is 0. The van der Waals surface area contributed by atoms with E-state index in [2.05, 4.69) is 37.8 Å². The zero-order valence-electron chi connectivity index (χ0n) is 14.2. The van der Waals surface area contributed by atoms with E-state index in [-0.39, 0.29) is 0 Å². The van der Waals surface area contributed by atoms with Crippen molar-refractivity contribution in [1.82, 2.24) is 0 Å². The SMILES string of the molecule is CCC#CC1CCC(C2CCC(C=CCCC)CC2)CC1. The minimum absolute atomic E-state index is 0.717. The van der Waals surface area contributed by atoms with Crippen LogP contribution in [0.2, 0.25) is 0 Å². The molecule has 0 aliphatic heterocycles. The Bertz CT molecular complexity index is 351. The maximum atomic E-state index is 3.47. The van der Waals surface area contributed by atoms with Crippen LogP contribution in [0.5, 0.6) is 0 Å². The van der Waals surface area contributed by atoms with Gasteiger partial charge in [-0.3, -0.25) is 0 Å². The van der Waals surface area contributed by atoms with Gasteiger partial charge in [0, 0.05) is 12.3 Å². The molecule has 0 heterocycles. The van der Waals surface area contributed by atoms with Gasteiger partial charge < -0.3 is 0 Å². The average molecular weight is 287 g/mol. The summed E-state index contributed by atoms with van der Waals surface area (Å²) in [4.78, 5) is 0. The van der Waals surface area contributed by atoms with Crippen LogP contribution in [0.15, 0.2) is 12.2 Å². The molecule has 2 rings (SSSR count). The third kappa shape index (κ3) is 5.54. The van der Waals surface area contributed by atoms with Gasteiger partial charge in [0.1, 0.15) is 0 Å². The second kappa shape index (κ2) is 9.34. The summed E-state index contributed by atoms with van der Waals surface area (Å²) >= 11 is 0. The van der Waals surface area contributed by atoms with Crippen molar-refractivity contribution in [2.45, 2.75) is 84.5 Å². The summed E-state index contributed by atoms with van der Waals surface area (Å²) in [5, 5.41) is 0. The van der Waals surface area contributed by atoms with E-state index in [0.29, 0.717) is 0 Å². The molecule has 0 nitrogen and oxygen atoms in total. The van der Waals surface area contributed by atoms with Gasteiger partial charge in [0.2, 0.25) is 0 Å². The molecule has 2 saturated carbocycles. The van der Waals surface area contributed by atoms with Crippen molar-refractivity contribution in [3.63, 3.8) is 0 Å². The van der Waals surface area contributed by atoms with Crippen molar-refractivity contribution in [3.05, 3.63) is 12.2 Å². The third-order valence-electron chi connectivity index (χ3n) is 5.60. The van der Waals surface area contributed by atoms with Gasteiger partial charge in [0.15, 0.2) is 0 Å². The Balaban J connectivity index is 1.69. The number of rotatable bonds is 4. The largest absolute Gasteiger partial charge is 0.103 e. The van der Waals surface area contributed by atoms with E-state index >= 15 is 0 Å². The second-order valence-corrected chi connectivity index (χ2v) is 7.18. The molecule has 2 aliphatic rings. The van der Waals surface area contributed by atoms with E-state index in [1.54, 1.807) is 0 Å². The Morgan fingerprint density at radius 2 is 1.48 bits per heavy atom.